The highest BCUT2D eigenvalue weighted by Crippen LogP contribution is 2.23. The standard InChI is InChI=1S/C26H30N8O3.H2S/c35-24-17-34-10-8-33(9-11-34)16-18-2-1-3-21(12-18)31-23-13-19(4-6-27-23)20-14-29-26(30-15-20)32-22(25(36)37)5-7-28-24;/h1-4,6,12-15,22H,5,7-11,16-17H2,(H,27,31)(H,28,35)(H,36,37)(H,29,30,32);1H2. The molecule has 0 aliphatic carbocycles. The van der Waals surface area contributed by atoms with Crippen LogP contribution in [0.5, 0.6) is 0 Å². The van der Waals surface area contributed by atoms with Gasteiger partial charge in [-0.15, -0.1) is 0 Å². The molecule has 1 fully saturated rings. The number of carbonyl (C=O) groups is 2. The van der Waals surface area contributed by atoms with E-state index in [4.69, 9.17) is 0 Å². The molecule has 0 spiro atoms. The molecule has 1 saturated heterocycles. The third-order valence-electron chi connectivity index (χ3n) is 6.54. The summed E-state index contributed by atoms with van der Waals surface area (Å²) in [7, 11) is 0. The van der Waals surface area contributed by atoms with E-state index < -0.39 is 12.0 Å². The Morgan fingerprint density at radius 1 is 0.947 bits per heavy atom. The minimum Gasteiger partial charge on any atom is -0.480 e. The summed E-state index contributed by atoms with van der Waals surface area (Å²) in [6.45, 7) is 4.71. The lowest BCUT2D eigenvalue weighted by atomic mass is 10.1. The second kappa shape index (κ2) is 12.7. The van der Waals surface area contributed by atoms with Crippen molar-refractivity contribution in [2.75, 3.05) is 49.9 Å². The van der Waals surface area contributed by atoms with Gasteiger partial charge in [0.25, 0.3) is 0 Å². The topological polar surface area (TPSA) is 136 Å². The van der Waals surface area contributed by atoms with Crippen molar-refractivity contribution in [3.8, 4) is 11.1 Å². The van der Waals surface area contributed by atoms with Crippen LogP contribution in [0, 0.1) is 0 Å². The van der Waals surface area contributed by atoms with Crippen LogP contribution < -0.4 is 16.0 Å². The first kappa shape index (κ1) is 27.3. The lowest BCUT2D eigenvalue weighted by Crippen LogP contribution is -2.49. The first-order chi connectivity index (χ1) is 18.0. The second-order valence-electron chi connectivity index (χ2n) is 9.28. The van der Waals surface area contributed by atoms with Crippen LogP contribution in [0.15, 0.2) is 55.0 Å². The summed E-state index contributed by atoms with van der Waals surface area (Å²) in [5.74, 6) is -0.224. The summed E-state index contributed by atoms with van der Waals surface area (Å²) >= 11 is 0. The number of hydrogen-bond donors (Lipinski definition) is 4. The summed E-state index contributed by atoms with van der Waals surface area (Å²) < 4.78 is 0. The summed E-state index contributed by atoms with van der Waals surface area (Å²) in [5, 5.41) is 18.7. The van der Waals surface area contributed by atoms with Crippen molar-refractivity contribution < 1.29 is 14.7 Å². The first-order valence-electron chi connectivity index (χ1n) is 12.4. The second-order valence-corrected chi connectivity index (χ2v) is 9.28. The summed E-state index contributed by atoms with van der Waals surface area (Å²) in [6, 6.07) is 11.2. The molecule has 8 bridgehead atoms. The highest BCUT2D eigenvalue weighted by atomic mass is 32.1. The van der Waals surface area contributed by atoms with E-state index in [9.17, 15) is 14.7 Å². The highest BCUT2D eigenvalue weighted by molar-refractivity contribution is 7.59. The zero-order valence-electron chi connectivity index (χ0n) is 20.9. The van der Waals surface area contributed by atoms with Crippen molar-refractivity contribution in [2.24, 2.45) is 0 Å². The van der Waals surface area contributed by atoms with Gasteiger partial charge in [-0.1, -0.05) is 12.1 Å². The molecule has 12 heteroatoms. The van der Waals surface area contributed by atoms with Crippen LogP contribution in [0.2, 0.25) is 0 Å². The van der Waals surface area contributed by atoms with Crippen molar-refractivity contribution in [3.63, 3.8) is 0 Å². The fraction of sp³-hybridized carbons (Fsp3) is 0.346. The van der Waals surface area contributed by atoms with Gasteiger partial charge in [-0.25, -0.2) is 19.7 Å². The predicted octanol–water partition coefficient (Wildman–Crippen LogP) is 1.90. The smallest absolute Gasteiger partial charge is 0.326 e. The van der Waals surface area contributed by atoms with E-state index in [1.54, 1.807) is 18.6 Å². The van der Waals surface area contributed by atoms with E-state index in [1.165, 1.54) is 5.56 Å². The van der Waals surface area contributed by atoms with Crippen LogP contribution in [-0.2, 0) is 16.1 Å². The van der Waals surface area contributed by atoms with Gasteiger partial charge < -0.3 is 21.1 Å². The van der Waals surface area contributed by atoms with Gasteiger partial charge >= 0.3 is 5.97 Å². The molecule has 2 aromatic heterocycles. The molecule has 11 nitrogen and oxygen atoms in total. The number of anilines is 3. The average molecular weight is 537 g/mol. The molecule has 5 aliphatic heterocycles. The summed E-state index contributed by atoms with van der Waals surface area (Å²) in [5.41, 5.74) is 3.82. The summed E-state index contributed by atoms with van der Waals surface area (Å²) in [6.07, 6.45) is 5.22. The predicted molar refractivity (Wildman–Crippen MR) is 150 cm³/mol. The van der Waals surface area contributed by atoms with E-state index in [-0.39, 0.29) is 38.3 Å². The fourth-order valence-electron chi connectivity index (χ4n) is 4.52. The molecule has 0 radical (unpaired) electrons. The number of nitrogens with one attached hydrogen (secondary N) is 3. The lowest BCUT2D eigenvalue weighted by molar-refractivity contribution is -0.138. The molecule has 0 saturated carbocycles. The van der Waals surface area contributed by atoms with Gasteiger partial charge in [0.15, 0.2) is 0 Å². The maximum atomic E-state index is 12.4. The molecule has 1 unspecified atom stereocenters. The molecular weight excluding hydrogens is 504 g/mol. The average Bonchev–Trinajstić information content (AvgIpc) is 2.89. The number of amides is 1. The molecule has 5 aliphatic rings. The Kier molecular flexibility index (Phi) is 9.10. The van der Waals surface area contributed by atoms with Gasteiger partial charge in [0.2, 0.25) is 11.9 Å². The van der Waals surface area contributed by atoms with Gasteiger partial charge in [-0.3, -0.25) is 14.6 Å². The molecule has 7 heterocycles. The van der Waals surface area contributed by atoms with E-state index in [1.807, 2.05) is 24.3 Å². The molecule has 200 valence electrons. The third-order valence-corrected chi connectivity index (χ3v) is 6.54. The summed E-state index contributed by atoms with van der Waals surface area (Å²) in [4.78, 5) is 41.8. The van der Waals surface area contributed by atoms with Crippen molar-refractivity contribution in [3.05, 3.63) is 60.6 Å². The van der Waals surface area contributed by atoms with Crippen LogP contribution in [0.4, 0.5) is 17.5 Å². The minimum absolute atomic E-state index is 0. The molecule has 38 heavy (non-hydrogen) atoms. The first-order valence-corrected chi connectivity index (χ1v) is 12.4. The Bertz CT molecular complexity index is 1250. The molecular formula is C26H32N8O3S. The minimum atomic E-state index is -1.03. The number of carboxylic acids is 1. The molecule has 3 aromatic rings. The Hall–Kier alpha value is -3.74. The van der Waals surface area contributed by atoms with Gasteiger partial charge in [-0.2, -0.15) is 13.5 Å². The molecule has 1 aromatic carbocycles. The van der Waals surface area contributed by atoms with Crippen molar-refractivity contribution in [1.82, 2.24) is 30.1 Å². The largest absolute Gasteiger partial charge is 0.480 e. The fourth-order valence-corrected chi connectivity index (χ4v) is 4.52. The van der Waals surface area contributed by atoms with Crippen LogP contribution in [0.25, 0.3) is 11.1 Å². The number of hydrogen-bond acceptors (Lipinski definition) is 9. The molecule has 8 rings (SSSR count). The number of aliphatic carboxylic acids is 1. The third kappa shape index (κ3) is 7.18. The van der Waals surface area contributed by atoms with Crippen molar-refractivity contribution in [2.45, 2.75) is 19.0 Å². The number of aromatic nitrogens is 3. The van der Waals surface area contributed by atoms with Crippen molar-refractivity contribution >= 4 is 42.8 Å². The maximum absolute atomic E-state index is 12.4. The monoisotopic (exact) mass is 536 g/mol. The normalized spacial score (nSPS) is 21.8. The molecule has 1 atom stereocenters. The number of nitrogens with zero attached hydrogens (tertiary/aromatic N) is 5. The number of benzene rings is 1. The van der Waals surface area contributed by atoms with Crippen LogP contribution in [0.1, 0.15) is 12.0 Å². The van der Waals surface area contributed by atoms with E-state index in [0.717, 1.165) is 49.5 Å². The number of rotatable bonds is 1. The van der Waals surface area contributed by atoms with Crippen molar-refractivity contribution in [1.29, 1.82) is 0 Å². The lowest BCUT2D eigenvalue weighted by Gasteiger charge is -2.34. The van der Waals surface area contributed by atoms with E-state index in [0.29, 0.717) is 12.4 Å². The van der Waals surface area contributed by atoms with Crippen LogP contribution in [0.3, 0.4) is 0 Å². The van der Waals surface area contributed by atoms with Gasteiger partial charge in [-0.05, 0) is 41.8 Å². The number of carbonyl (C=O) groups excluding carboxylic acids is 1. The number of carboxylic acid groups (broad SMARTS) is 1. The Balaban J connectivity index is 0.00000336. The number of piperazine rings is 1. The zero-order valence-corrected chi connectivity index (χ0v) is 21.9. The van der Waals surface area contributed by atoms with Gasteiger partial charge in [0, 0.05) is 69.1 Å². The SMILES string of the molecule is O=C1CN2CCN(CC2)Cc2cccc(c2)Nc2cc(ccn2)-c2cnc(nc2)NC(C(=O)O)CCN1.S. The zero-order chi connectivity index (χ0) is 25.6. The van der Waals surface area contributed by atoms with Gasteiger partial charge in [0.1, 0.15) is 11.9 Å². The Morgan fingerprint density at radius 3 is 2.42 bits per heavy atom. The van der Waals surface area contributed by atoms with E-state index >= 15 is 0 Å². The van der Waals surface area contributed by atoms with Crippen LogP contribution >= 0.6 is 13.5 Å². The van der Waals surface area contributed by atoms with Gasteiger partial charge in [0.05, 0.1) is 6.54 Å². The quantitative estimate of drug-likeness (QED) is 0.365. The van der Waals surface area contributed by atoms with E-state index in [2.05, 4.69) is 52.8 Å². The molecule has 4 N–H and O–H groups in total. The number of pyridine rings is 1. The molecule has 1 amide bonds. The highest BCUT2D eigenvalue weighted by Gasteiger charge is 2.21. The van der Waals surface area contributed by atoms with Crippen LogP contribution in [-0.4, -0.2) is 87.0 Å². The Labute approximate surface area is 228 Å². The Morgan fingerprint density at radius 2 is 1.68 bits per heavy atom. The maximum Gasteiger partial charge on any atom is 0.326 e.